The van der Waals surface area contributed by atoms with E-state index in [0.29, 0.717) is 12.3 Å². The number of amides is 1. The number of nitrogens with zero attached hydrogens (tertiary/aromatic N) is 2. The fourth-order valence-electron chi connectivity index (χ4n) is 2.67. The second kappa shape index (κ2) is 8.75. The van der Waals surface area contributed by atoms with Gasteiger partial charge in [0.2, 0.25) is 10.0 Å². The van der Waals surface area contributed by atoms with E-state index in [0.717, 1.165) is 25.7 Å². The molecule has 0 unspecified atom stereocenters. The van der Waals surface area contributed by atoms with Crippen LogP contribution in [0.4, 0.5) is 5.69 Å². The first-order chi connectivity index (χ1) is 13.8. The van der Waals surface area contributed by atoms with Crippen molar-refractivity contribution in [3.8, 4) is 5.75 Å². The molecule has 3 rings (SSSR count). The van der Waals surface area contributed by atoms with Gasteiger partial charge in [0.25, 0.3) is 11.5 Å². The summed E-state index contributed by atoms with van der Waals surface area (Å²) in [5, 5.41) is 6.73. The molecule has 1 fully saturated rings. The molecule has 2 N–H and O–H groups in total. The molecule has 156 valence electrons. The number of unbranched alkanes of at least 4 members (excludes halogenated alkanes) is 1. The third kappa shape index (κ3) is 5.21. The predicted molar refractivity (Wildman–Crippen MR) is 108 cm³/mol. The Morgan fingerprint density at radius 1 is 1.28 bits per heavy atom. The molecule has 0 aliphatic heterocycles. The molecule has 0 radical (unpaired) electrons. The molecule has 0 saturated heterocycles. The number of anilines is 1. The lowest BCUT2D eigenvalue weighted by molar-refractivity contribution is 0.101. The van der Waals surface area contributed by atoms with Crippen LogP contribution in [-0.2, 0) is 16.6 Å². The maximum Gasteiger partial charge on any atom is 0.276 e. The van der Waals surface area contributed by atoms with E-state index < -0.39 is 15.9 Å². The van der Waals surface area contributed by atoms with Gasteiger partial charge in [-0.25, -0.2) is 17.8 Å². The topological polar surface area (TPSA) is 119 Å². The molecule has 1 aliphatic carbocycles. The number of hydrogen-bond donors (Lipinski definition) is 2. The van der Waals surface area contributed by atoms with Gasteiger partial charge in [-0.2, -0.15) is 5.10 Å². The molecule has 0 bridgehead atoms. The average Bonchev–Trinajstić information content (AvgIpc) is 3.50. The minimum absolute atomic E-state index is 0.0291. The molecule has 0 spiro atoms. The predicted octanol–water partition coefficient (Wildman–Crippen LogP) is 1.74. The highest BCUT2D eigenvalue weighted by Gasteiger charge is 2.28. The molecule has 1 aromatic carbocycles. The summed E-state index contributed by atoms with van der Waals surface area (Å²) in [6.45, 7) is 2.41. The first-order valence-corrected chi connectivity index (χ1v) is 10.9. The van der Waals surface area contributed by atoms with E-state index in [4.69, 9.17) is 4.74 Å². The Kier molecular flexibility index (Phi) is 6.33. The molecule has 1 aromatic heterocycles. The van der Waals surface area contributed by atoms with Gasteiger partial charge in [-0.1, -0.05) is 13.3 Å². The van der Waals surface area contributed by atoms with Gasteiger partial charge in [0.1, 0.15) is 11.4 Å². The summed E-state index contributed by atoms with van der Waals surface area (Å²) in [6.07, 6.45) is 3.29. The summed E-state index contributed by atoms with van der Waals surface area (Å²) in [5.74, 6) is -0.263. The van der Waals surface area contributed by atoms with Crippen molar-refractivity contribution in [3.63, 3.8) is 0 Å². The molecular formula is C19H24N4O5S. The molecule has 1 aliphatic rings. The van der Waals surface area contributed by atoms with Crippen molar-refractivity contribution in [2.75, 3.05) is 12.4 Å². The van der Waals surface area contributed by atoms with Crippen molar-refractivity contribution in [1.82, 2.24) is 14.5 Å². The lowest BCUT2D eigenvalue weighted by atomic mass is 10.2. The van der Waals surface area contributed by atoms with Crippen LogP contribution in [0, 0.1) is 0 Å². The van der Waals surface area contributed by atoms with Crippen LogP contribution in [0.3, 0.4) is 0 Å². The smallest absolute Gasteiger partial charge is 0.276 e. The van der Waals surface area contributed by atoms with E-state index in [2.05, 4.69) is 15.1 Å². The van der Waals surface area contributed by atoms with Crippen molar-refractivity contribution in [3.05, 3.63) is 46.4 Å². The SMILES string of the molecule is CCCCn1nc(C(=O)Nc2cc(S(=O)(=O)NC3CC3)ccc2OC)ccc1=O. The second-order valence-corrected chi connectivity index (χ2v) is 8.56. The molecule has 29 heavy (non-hydrogen) atoms. The van der Waals surface area contributed by atoms with Crippen molar-refractivity contribution >= 4 is 21.6 Å². The zero-order chi connectivity index (χ0) is 21.0. The number of ether oxygens (including phenoxy) is 1. The van der Waals surface area contributed by atoms with Crippen molar-refractivity contribution in [1.29, 1.82) is 0 Å². The first kappa shape index (κ1) is 21.0. The van der Waals surface area contributed by atoms with Gasteiger partial charge in [0.05, 0.1) is 17.7 Å². The van der Waals surface area contributed by atoms with Crippen LogP contribution in [-0.4, -0.2) is 37.3 Å². The Morgan fingerprint density at radius 3 is 2.69 bits per heavy atom. The molecule has 1 heterocycles. The highest BCUT2D eigenvalue weighted by atomic mass is 32.2. The van der Waals surface area contributed by atoms with Crippen LogP contribution in [0.1, 0.15) is 43.1 Å². The number of carbonyl (C=O) groups excluding carboxylic acids is 1. The Bertz CT molecular complexity index is 1060. The molecule has 0 atom stereocenters. The molecule has 10 heteroatoms. The van der Waals surface area contributed by atoms with E-state index in [1.807, 2.05) is 6.92 Å². The zero-order valence-electron chi connectivity index (χ0n) is 16.3. The third-order valence-electron chi connectivity index (χ3n) is 4.45. The number of hydrogen-bond acceptors (Lipinski definition) is 6. The lowest BCUT2D eigenvalue weighted by Gasteiger charge is -2.13. The van der Waals surface area contributed by atoms with Gasteiger partial charge < -0.3 is 10.1 Å². The van der Waals surface area contributed by atoms with Crippen LogP contribution in [0.25, 0.3) is 0 Å². The van der Waals surface area contributed by atoms with E-state index >= 15 is 0 Å². The zero-order valence-corrected chi connectivity index (χ0v) is 17.2. The summed E-state index contributed by atoms with van der Waals surface area (Å²) >= 11 is 0. The highest BCUT2D eigenvalue weighted by molar-refractivity contribution is 7.89. The Balaban J connectivity index is 1.85. The molecule has 2 aromatic rings. The fourth-order valence-corrected chi connectivity index (χ4v) is 4.00. The van der Waals surface area contributed by atoms with Gasteiger partial charge in [-0.3, -0.25) is 9.59 Å². The van der Waals surface area contributed by atoms with E-state index in [1.54, 1.807) is 0 Å². The van der Waals surface area contributed by atoms with Crippen molar-refractivity contribution < 1.29 is 17.9 Å². The lowest BCUT2D eigenvalue weighted by Crippen LogP contribution is -2.27. The normalized spacial score (nSPS) is 13.9. The Morgan fingerprint density at radius 2 is 2.03 bits per heavy atom. The summed E-state index contributed by atoms with van der Waals surface area (Å²) in [6, 6.07) is 6.83. The van der Waals surface area contributed by atoms with Crippen molar-refractivity contribution in [2.24, 2.45) is 0 Å². The molecular weight excluding hydrogens is 396 g/mol. The highest BCUT2D eigenvalue weighted by Crippen LogP contribution is 2.29. The third-order valence-corrected chi connectivity index (χ3v) is 5.97. The first-order valence-electron chi connectivity index (χ1n) is 9.44. The Hall–Kier alpha value is -2.72. The van der Waals surface area contributed by atoms with Crippen LogP contribution in [0.2, 0.25) is 0 Å². The van der Waals surface area contributed by atoms with Gasteiger partial charge in [-0.05, 0) is 43.5 Å². The van der Waals surface area contributed by atoms with Crippen LogP contribution in [0.5, 0.6) is 5.75 Å². The largest absolute Gasteiger partial charge is 0.495 e. The summed E-state index contributed by atoms with van der Waals surface area (Å²) in [7, 11) is -2.26. The maximum atomic E-state index is 12.7. The second-order valence-electron chi connectivity index (χ2n) is 6.85. The number of rotatable bonds is 9. The quantitative estimate of drug-likeness (QED) is 0.638. The van der Waals surface area contributed by atoms with Gasteiger partial charge in [-0.15, -0.1) is 0 Å². The van der Waals surface area contributed by atoms with Crippen molar-refractivity contribution in [2.45, 2.75) is 50.1 Å². The molecule has 1 amide bonds. The molecule has 9 nitrogen and oxygen atoms in total. The number of carbonyl (C=O) groups is 1. The number of sulfonamides is 1. The van der Waals surface area contributed by atoms with Crippen LogP contribution in [0.15, 0.2) is 40.0 Å². The Labute approximate surface area is 169 Å². The van der Waals surface area contributed by atoms with E-state index in [1.165, 1.54) is 42.1 Å². The maximum absolute atomic E-state index is 12.7. The number of methoxy groups -OCH3 is 1. The number of aromatic nitrogens is 2. The summed E-state index contributed by atoms with van der Waals surface area (Å²) < 4.78 is 34.0. The fraction of sp³-hybridized carbons (Fsp3) is 0.421. The summed E-state index contributed by atoms with van der Waals surface area (Å²) in [5.41, 5.74) is -0.0387. The van der Waals surface area contributed by atoms with Gasteiger partial charge >= 0.3 is 0 Å². The monoisotopic (exact) mass is 420 g/mol. The van der Waals surface area contributed by atoms with Crippen LogP contribution >= 0.6 is 0 Å². The number of benzene rings is 1. The van der Waals surface area contributed by atoms with Gasteiger partial charge in [0.15, 0.2) is 0 Å². The standard InChI is InChI=1S/C19H24N4O5S/c1-3-4-11-23-18(24)10-8-15(21-23)19(25)20-16-12-14(7-9-17(16)28-2)29(26,27)22-13-5-6-13/h7-10,12-13,22H,3-6,11H2,1-2H3,(H,20,25). The van der Waals surface area contributed by atoms with E-state index in [9.17, 15) is 18.0 Å². The van der Waals surface area contributed by atoms with Crippen LogP contribution < -0.4 is 20.3 Å². The van der Waals surface area contributed by atoms with E-state index in [-0.39, 0.29) is 27.9 Å². The molecule has 1 saturated carbocycles. The minimum atomic E-state index is -3.69. The van der Waals surface area contributed by atoms with Gasteiger partial charge in [0, 0.05) is 18.7 Å². The summed E-state index contributed by atoms with van der Waals surface area (Å²) in [4.78, 5) is 24.6. The number of nitrogens with one attached hydrogen (secondary N) is 2. The number of aryl methyl sites for hydroxylation is 1. The average molecular weight is 420 g/mol. The minimum Gasteiger partial charge on any atom is -0.495 e.